The molecule has 2 heterocycles. The standard InChI is InChI=1S/C23H33N3O4.C18H25N3O2.Na.H2O/c1-21(2,3)30-20(28)25-18(19(27)26-16-6-15(16)7-17(26)24-4)22-8-13-5-14(9-22)11-23(29,10-13)12-22;1-20-14-4-12-3-13(12)21(14)16(22)15(19)17-5-10-2-11(6-17)8-18(23,7-10)9-17;;/h13-18,29H,5-12H2,1-3H3,(H,25,28);10-15,23H,2-9,19H2;;1H2/q;;+1;/p-1/t13?,14?,15-,16-,17-,18?,22?,23?;10?,11?,12-,13-,14-,15?,17?,18?;;/m00../s1. The van der Waals surface area contributed by atoms with E-state index in [1.165, 1.54) is 6.42 Å². The number of rotatable bonds is 5. The van der Waals surface area contributed by atoms with Gasteiger partial charge in [0.25, 0.3) is 5.91 Å². The Hall–Kier alpha value is -1.97. The van der Waals surface area contributed by atoms with E-state index in [9.17, 15) is 24.6 Å². The van der Waals surface area contributed by atoms with Crippen LogP contribution in [0.5, 0.6) is 0 Å². The fourth-order valence-corrected chi connectivity index (χ4v) is 14.5. The SMILES string of the molecule is [C-]#[N+][C@@H]1C[C@@H]2C[C@@H]2N1C(=O)C(N)C12CC3CC(CC(O)(C3)C1)C2.[C-]#[N+][C@@H]1C[C@@H]2C[C@@H]2N1C(=O)C(NC(=O)OC(C)(C)C)C12CC3CC(CC(O)(C3)C1)C2.[Na+].[OH-]. The van der Waals surface area contributed by atoms with Gasteiger partial charge in [-0.25, -0.2) is 17.9 Å². The van der Waals surface area contributed by atoms with Gasteiger partial charge in [0.2, 0.25) is 5.91 Å². The summed E-state index contributed by atoms with van der Waals surface area (Å²) in [5.41, 5.74) is 3.89. The predicted octanol–water partition coefficient (Wildman–Crippen LogP) is 1.42. The first-order chi connectivity index (χ1) is 24.9. The Morgan fingerprint density at radius 1 is 0.727 bits per heavy atom. The van der Waals surface area contributed by atoms with Crippen LogP contribution in [0.2, 0.25) is 0 Å². The van der Waals surface area contributed by atoms with Crippen molar-refractivity contribution in [2.75, 3.05) is 0 Å². The third-order valence-electron chi connectivity index (χ3n) is 15.6. The van der Waals surface area contributed by atoms with Crippen molar-refractivity contribution in [3.05, 3.63) is 22.8 Å². The van der Waals surface area contributed by atoms with Crippen molar-refractivity contribution < 1.29 is 64.4 Å². The quantitative estimate of drug-likeness (QED) is 0.239. The van der Waals surface area contributed by atoms with E-state index in [2.05, 4.69) is 15.0 Å². The summed E-state index contributed by atoms with van der Waals surface area (Å²) in [5.74, 6) is 2.67. The summed E-state index contributed by atoms with van der Waals surface area (Å²) >= 11 is 0. The maximum absolute atomic E-state index is 13.9. The number of piperidine rings is 2. The molecule has 0 aromatic rings. The largest absolute Gasteiger partial charge is 1.00 e. The van der Waals surface area contributed by atoms with Crippen molar-refractivity contribution in [2.45, 2.75) is 177 Å². The summed E-state index contributed by atoms with van der Waals surface area (Å²) in [6.07, 6.45) is 12.9. The number of likely N-dealkylation sites (tertiary alicyclic amines) is 2. The Bertz CT molecular complexity index is 1640. The Kier molecular flexibility index (Phi) is 10.3. The molecule has 12 aliphatic rings. The normalized spacial score (nSPS) is 46.6. The number of ether oxygens (including phenoxy) is 1. The van der Waals surface area contributed by atoms with Crippen molar-refractivity contribution in [1.82, 2.24) is 15.1 Å². The number of nitrogens with zero attached hydrogens (tertiary/aromatic N) is 4. The third kappa shape index (κ3) is 7.14. The van der Waals surface area contributed by atoms with E-state index < -0.39 is 46.6 Å². The second-order valence-electron chi connectivity index (χ2n) is 21.0. The topological polar surface area (TPSA) is 184 Å². The van der Waals surface area contributed by atoms with E-state index in [0.717, 1.165) is 83.5 Å². The number of aliphatic hydroxyl groups is 2. The zero-order valence-corrected chi connectivity index (χ0v) is 35.1. The molecule has 12 fully saturated rings. The molecule has 10 aliphatic carbocycles. The molecule has 14 heteroatoms. The van der Waals surface area contributed by atoms with Crippen molar-refractivity contribution in [3.63, 3.8) is 0 Å². The number of nitrogens with one attached hydrogen (secondary N) is 1. The van der Waals surface area contributed by atoms with Gasteiger partial charge >= 0.3 is 48.0 Å². The first kappa shape index (κ1) is 41.2. The molecule has 6 unspecified atom stereocenters. The molecule has 10 saturated carbocycles. The first-order valence-electron chi connectivity index (χ1n) is 20.5. The van der Waals surface area contributed by atoms with Crippen LogP contribution in [0.15, 0.2) is 0 Å². The molecule has 0 spiro atoms. The molecule has 296 valence electrons. The number of hydrogen-bond acceptors (Lipinski definition) is 8. The second-order valence-corrected chi connectivity index (χ2v) is 21.0. The fraction of sp³-hybridized carbons (Fsp3) is 0.878. The number of carbonyl (C=O) groups is 3. The van der Waals surface area contributed by atoms with Crippen LogP contribution in [0.1, 0.15) is 124 Å². The van der Waals surface area contributed by atoms with Gasteiger partial charge in [-0.1, -0.05) is 0 Å². The van der Waals surface area contributed by atoms with Gasteiger partial charge in [0.05, 0.1) is 17.2 Å². The van der Waals surface area contributed by atoms with Gasteiger partial charge in [0, 0.05) is 30.3 Å². The molecule has 6 N–H and O–H groups in total. The average molecular weight is 771 g/mol. The van der Waals surface area contributed by atoms with Gasteiger partial charge in [-0.2, -0.15) is 0 Å². The summed E-state index contributed by atoms with van der Waals surface area (Å²) in [5, 5.41) is 25.1. The van der Waals surface area contributed by atoms with E-state index in [1.807, 2.05) is 4.90 Å². The number of carbonyl (C=O) groups excluding carboxylic acids is 3. The first-order valence-corrected chi connectivity index (χ1v) is 20.5. The number of nitrogens with two attached hydrogens (primary N) is 1. The van der Waals surface area contributed by atoms with E-state index in [0.29, 0.717) is 48.3 Å². The number of hydrogen-bond donors (Lipinski definition) is 4. The number of amides is 3. The minimum Gasteiger partial charge on any atom is -0.870 e. The molecule has 8 bridgehead atoms. The van der Waals surface area contributed by atoms with Crippen LogP contribution in [0, 0.1) is 59.5 Å². The van der Waals surface area contributed by atoms with E-state index in [-0.39, 0.29) is 70.5 Å². The number of alkyl carbamates (subject to hydrolysis) is 1. The van der Waals surface area contributed by atoms with Crippen molar-refractivity contribution in [2.24, 2.45) is 52.1 Å². The molecule has 2 saturated heterocycles. The molecule has 3 amide bonds. The monoisotopic (exact) mass is 770 g/mol. The van der Waals surface area contributed by atoms with Crippen LogP contribution >= 0.6 is 0 Å². The molecule has 0 aromatic heterocycles. The zero-order chi connectivity index (χ0) is 37.5. The van der Waals surface area contributed by atoms with Crippen molar-refractivity contribution in [1.29, 1.82) is 0 Å². The van der Waals surface area contributed by atoms with Gasteiger partial charge in [-0.15, -0.1) is 0 Å². The molecule has 0 radical (unpaired) electrons. The van der Waals surface area contributed by atoms with Gasteiger partial charge in [-0.05, 0) is 152 Å². The maximum atomic E-state index is 13.9. The van der Waals surface area contributed by atoms with E-state index >= 15 is 0 Å². The molecule has 0 aromatic carbocycles. The Morgan fingerprint density at radius 3 is 1.56 bits per heavy atom. The molecule has 13 nitrogen and oxygen atoms in total. The summed E-state index contributed by atoms with van der Waals surface area (Å²) in [7, 11) is 0. The smallest absolute Gasteiger partial charge is 0.870 e. The molecule has 12 rings (SSSR count). The minimum absolute atomic E-state index is 0. The average Bonchev–Trinajstić information content (AvgIpc) is 3.92. The van der Waals surface area contributed by atoms with Crippen LogP contribution in [-0.4, -0.2) is 96.7 Å². The van der Waals surface area contributed by atoms with Crippen LogP contribution in [0.25, 0.3) is 9.69 Å². The Labute approximate surface area is 347 Å². The maximum Gasteiger partial charge on any atom is 1.00 e. The predicted molar refractivity (Wildman–Crippen MR) is 195 cm³/mol. The summed E-state index contributed by atoms with van der Waals surface area (Å²) in [6, 6.07) is -0.877. The van der Waals surface area contributed by atoms with Crippen LogP contribution in [0.4, 0.5) is 4.79 Å². The Balaban J connectivity index is 0.000000168. The van der Waals surface area contributed by atoms with E-state index in [4.69, 9.17) is 23.6 Å². The molecular weight excluding hydrogens is 711 g/mol. The third-order valence-corrected chi connectivity index (χ3v) is 15.6. The zero-order valence-electron chi connectivity index (χ0n) is 33.1. The summed E-state index contributed by atoms with van der Waals surface area (Å²) < 4.78 is 5.52. The van der Waals surface area contributed by atoms with Crippen LogP contribution < -0.4 is 40.6 Å². The van der Waals surface area contributed by atoms with E-state index in [1.54, 1.807) is 25.7 Å². The molecular formula is C41H59N6NaO7. The molecule has 12 atom stereocenters. The minimum atomic E-state index is -0.742. The van der Waals surface area contributed by atoms with Gasteiger partial charge in [-0.3, -0.25) is 29.1 Å². The molecule has 55 heavy (non-hydrogen) atoms. The Morgan fingerprint density at radius 2 is 1.15 bits per heavy atom. The second kappa shape index (κ2) is 13.8. The summed E-state index contributed by atoms with van der Waals surface area (Å²) in [4.78, 5) is 50.8. The van der Waals surface area contributed by atoms with Gasteiger partial charge < -0.3 is 31.5 Å². The van der Waals surface area contributed by atoms with Crippen LogP contribution in [0.3, 0.4) is 0 Å². The molecule has 2 aliphatic heterocycles. The van der Waals surface area contributed by atoms with Crippen molar-refractivity contribution in [3.8, 4) is 0 Å². The van der Waals surface area contributed by atoms with Crippen LogP contribution in [-0.2, 0) is 14.3 Å². The summed E-state index contributed by atoms with van der Waals surface area (Å²) in [6.45, 7) is 20.4. The van der Waals surface area contributed by atoms with Gasteiger partial charge in [0.1, 0.15) is 11.6 Å². The number of fused-ring (bicyclic) bond motifs is 2. The fourth-order valence-electron chi connectivity index (χ4n) is 14.5. The van der Waals surface area contributed by atoms with Gasteiger partial charge in [0.15, 0.2) is 0 Å². The van der Waals surface area contributed by atoms with Crippen molar-refractivity contribution >= 4 is 17.9 Å².